The van der Waals surface area contributed by atoms with E-state index in [9.17, 15) is 4.39 Å². The van der Waals surface area contributed by atoms with Crippen LogP contribution in [0.15, 0.2) is 18.2 Å². The van der Waals surface area contributed by atoms with Gasteiger partial charge in [0, 0.05) is 24.7 Å². The lowest BCUT2D eigenvalue weighted by Gasteiger charge is -2.37. The maximum absolute atomic E-state index is 14.3. The van der Waals surface area contributed by atoms with Crippen molar-refractivity contribution >= 4 is 0 Å². The minimum Gasteiger partial charge on any atom is -0.497 e. The van der Waals surface area contributed by atoms with Gasteiger partial charge in [-0.3, -0.25) is 4.90 Å². The van der Waals surface area contributed by atoms with E-state index in [1.54, 1.807) is 12.1 Å². The lowest BCUT2D eigenvalue weighted by Crippen LogP contribution is -2.48. The monoisotopic (exact) mass is 296 g/mol. The number of nitrogens with one attached hydrogen (secondary N) is 1. The van der Waals surface area contributed by atoms with Crippen molar-refractivity contribution in [3.05, 3.63) is 29.6 Å². The summed E-state index contributed by atoms with van der Waals surface area (Å²) < 4.78 is 25.2. The molecule has 1 heterocycles. The number of hydrogen-bond donors (Lipinski definition) is 1. The Morgan fingerprint density at radius 3 is 2.95 bits per heavy atom. The van der Waals surface area contributed by atoms with Gasteiger partial charge in [-0.1, -0.05) is 13.0 Å². The summed E-state index contributed by atoms with van der Waals surface area (Å²) in [4.78, 5) is 2.37. The largest absolute Gasteiger partial charge is 0.497 e. The number of rotatable bonds is 6. The smallest absolute Gasteiger partial charge is 0.131 e. The molecule has 1 fully saturated rings. The summed E-state index contributed by atoms with van der Waals surface area (Å²) in [6.07, 6.45) is 1.08. The highest BCUT2D eigenvalue weighted by Gasteiger charge is 2.29. The van der Waals surface area contributed by atoms with E-state index < -0.39 is 0 Å². The van der Waals surface area contributed by atoms with Crippen LogP contribution in [0.2, 0.25) is 0 Å². The van der Waals surface area contributed by atoms with E-state index in [0.717, 1.165) is 26.1 Å². The predicted octanol–water partition coefficient (Wildman–Crippen LogP) is 2.21. The van der Waals surface area contributed by atoms with E-state index in [1.165, 1.54) is 13.2 Å². The van der Waals surface area contributed by atoms with Crippen molar-refractivity contribution in [2.75, 3.05) is 40.4 Å². The summed E-state index contributed by atoms with van der Waals surface area (Å²) in [5.41, 5.74) is 0.627. The second-order valence-corrected chi connectivity index (χ2v) is 5.36. The van der Waals surface area contributed by atoms with Crippen molar-refractivity contribution in [1.82, 2.24) is 10.2 Å². The van der Waals surface area contributed by atoms with Crippen molar-refractivity contribution < 1.29 is 13.9 Å². The van der Waals surface area contributed by atoms with Crippen molar-refractivity contribution in [2.24, 2.45) is 0 Å². The molecule has 0 radical (unpaired) electrons. The van der Waals surface area contributed by atoms with Gasteiger partial charge in [0.2, 0.25) is 0 Å². The Bertz CT molecular complexity index is 454. The second-order valence-electron chi connectivity index (χ2n) is 5.36. The molecule has 0 bridgehead atoms. The minimum atomic E-state index is -0.259. The highest BCUT2D eigenvalue weighted by Crippen LogP contribution is 2.27. The van der Waals surface area contributed by atoms with Crippen LogP contribution in [0.5, 0.6) is 5.75 Å². The average Bonchev–Trinajstić information content (AvgIpc) is 2.50. The Kier molecular flexibility index (Phi) is 5.96. The Labute approximate surface area is 126 Å². The third-order valence-electron chi connectivity index (χ3n) is 3.94. The first-order valence-electron chi connectivity index (χ1n) is 7.54. The van der Waals surface area contributed by atoms with Crippen LogP contribution in [0.4, 0.5) is 4.39 Å². The topological polar surface area (TPSA) is 33.7 Å². The fraction of sp³-hybridized carbons (Fsp3) is 0.625. The van der Waals surface area contributed by atoms with E-state index in [1.807, 2.05) is 7.05 Å². The van der Waals surface area contributed by atoms with E-state index in [0.29, 0.717) is 17.9 Å². The predicted molar refractivity (Wildman–Crippen MR) is 81.2 cm³/mol. The van der Waals surface area contributed by atoms with Crippen LogP contribution < -0.4 is 10.1 Å². The molecule has 5 heteroatoms. The average molecular weight is 296 g/mol. The first-order valence-corrected chi connectivity index (χ1v) is 7.54. The van der Waals surface area contributed by atoms with Crippen LogP contribution in [0, 0.1) is 5.82 Å². The molecule has 1 N–H and O–H groups in total. The molecule has 0 saturated carbocycles. The molecule has 2 rings (SSSR count). The normalized spacial score (nSPS) is 21.2. The number of halogens is 1. The molecule has 0 aromatic heterocycles. The first kappa shape index (κ1) is 16.2. The molecule has 2 atom stereocenters. The lowest BCUT2D eigenvalue weighted by atomic mass is 9.99. The van der Waals surface area contributed by atoms with Crippen molar-refractivity contribution in [3.63, 3.8) is 0 Å². The lowest BCUT2D eigenvalue weighted by molar-refractivity contribution is -0.0464. The fourth-order valence-corrected chi connectivity index (χ4v) is 2.88. The van der Waals surface area contributed by atoms with E-state index in [2.05, 4.69) is 17.1 Å². The second kappa shape index (κ2) is 7.73. The van der Waals surface area contributed by atoms with Gasteiger partial charge in [0.05, 0.1) is 25.9 Å². The van der Waals surface area contributed by atoms with Gasteiger partial charge in [-0.05, 0) is 26.1 Å². The molecular formula is C16H25FN2O2. The van der Waals surface area contributed by atoms with Gasteiger partial charge in [-0.15, -0.1) is 0 Å². The zero-order chi connectivity index (χ0) is 15.2. The fourth-order valence-electron chi connectivity index (χ4n) is 2.88. The maximum Gasteiger partial charge on any atom is 0.131 e. The molecule has 0 spiro atoms. The van der Waals surface area contributed by atoms with E-state index >= 15 is 0 Å². The zero-order valence-corrected chi connectivity index (χ0v) is 13.1. The van der Waals surface area contributed by atoms with Crippen LogP contribution in [0.25, 0.3) is 0 Å². The zero-order valence-electron chi connectivity index (χ0n) is 13.1. The standard InChI is InChI=1S/C16H25FN2O2/c1-4-7-19-8-9-21-15(11-19)16(18-2)13-6-5-12(20-3)10-14(13)17/h5-6,10,15-16,18H,4,7-9,11H2,1-3H3. The summed E-state index contributed by atoms with van der Waals surface area (Å²) in [5, 5.41) is 3.20. The van der Waals surface area contributed by atoms with Crippen molar-refractivity contribution in [3.8, 4) is 5.75 Å². The summed E-state index contributed by atoms with van der Waals surface area (Å²) in [5.74, 6) is 0.271. The molecule has 21 heavy (non-hydrogen) atoms. The van der Waals surface area contributed by atoms with Gasteiger partial charge in [0.25, 0.3) is 0 Å². The van der Waals surface area contributed by atoms with Crippen LogP contribution in [0.3, 0.4) is 0 Å². The number of morpholine rings is 1. The van der Waals surface area contributed by atoms with Gasteiger partial charge in [0.1, 0.15) is 11.6 Å². The van der Waals surface area contributed by atoms with Crippen LogP contribution in [-0.2, 0) is 4.74 Å². The molecule has 4 nitrogen and oxygen atoms in total. The van der Waals surface area contributed by atoms with Crippen LogP contribution >= 0.6 is 0 Å². The summed E-state index contributed by atoms with van der Waals surface area (Å²) >= 11 is 0. The summed E-state index contributed by atoms with van der Waals surface area (Å²) in [7, 11) is 3.38. The molecular weight excluding hydrogens is 271 g/mol. The van der Waals surface area contributed by atoms with Gasteiger partial charge in [0.15, 0.2) is 0 Å². The number of nitrogens with zero attached hydrogens (tertiary/aromatic N) is 1. The number of hydrogen-bond acceptors (Lipinski definition) is 4. The SMILES string of the molecule is CCCN1CCOC(C(NC)c2ccc(OC)cc2F)C1. The molecule has 1 aromatic carbocycles. The molecule has 1 saturated heterocycles. The van der Waals surface area contributed by atoms with Crippen LogP contribution in [-0.4, -0.2) is 51.4 Å². The van der Waals surface area contributed by atoms with E-state index in [-0.39, 0.29) is 18.0 Å². The van der Waals surface area contributed by atoms with Gasteiger partial charge < -0.3 is 14.8 Å². The highest BCUT2D eigenvalue weighted by atomic mass is 19.1. The molecule has 0 aliphatic carbocycles. The molecule has 1 aliphatic rings. The third kappa shape index (κ3) is 3.93. The Hall–Kier alpha value is -1.17. The highest BCUT2D eigenvalue weighted by molar-refractivity contribution is 5.31. The van der Waals surface area contributed by atoms with Gasteiger partial charge >= 0.3 is 0 Å². The molecule has 118 valence electrons. The Morgan fingerprint density at radius 1 is 1.52 bits per heavy atom. The summed E-state index contributed by atoms with van der Waals surface area (Å²) in [6.45, 7) is 5.70. The number of benzene rings is 1. The van der Waals surface area contributed by atoms with E-state index in [4.69, 9.17) is 9.47 Å². The molecule has 2 unspecified atom stereocenters. The summed E-state index contributed by atoms with van der Waals surface area (Å²) in [6, 6.07) is 4.83. The van der Waals surface area contributed by atoms with Crippen molar-refractivity contribution in [2.45, 2.75) is 25.5 Å². The Balaban J connectivity index is 2.15. The molecule has 1 aromatic rings. The Morgan fingerprint density at radius 2 is 2.33 bits per heavy atom. The number of likely N-dealkylation sites (N-methyl/N-ethyl adjacent to an activating group) is 1. The van der Waals surface area contributed by atoms with Gasteiger partial charge in [-0.2, -0.15) is 0 Å². The number of ether oxygens (including phenoxy) is 2. The number of methoxy groups -OCH3 is 1. The maximum atomic E-state index is 14.3. The van der Waals surface area contributed by atoms with Gasteiger partial charge in [-0.25, -0.2) is 4.39 Å². The minimum absolute atomic E-state index is 0.0433. The molecule has 1 aliphatic heterocycles. The van der Waals surface area contributed by atoms with Crippen molar-refractivity contribution in [1.29, 1.82) is 0 Å². The van der Waals surface area contributed by atoms with Crippen LogP contribution in [0.1, 0.15) is 24.9 Å². The quantitative estimate of drug-likeness (QED) is 0.872. The first-order chi connectivity index (χ1) is 10.2. The molecule has 0 amide bonds. The third-order valence-corrected chi connectivity index (χ3v) is 3.94.